The summed E-state index contributed by atoms with van der Waals surface area (Å²) in [7, 11) is 0. The Morgan fingerprint density at radius 2 is 1.16 bits per heavy atom. The van der Waals surface area contributed by atoms with Gasteiger partial charge in [0.15, 0.2) is 24.3 Å². The highest BCUT2D eigenvalue weighted by atomic mass is 16.7. The van der Waals surface area contributed by atoms with Crippen molar-refractivity contribution in [2.24, 2.45) is 52.3 Å². The normalized spacial score (nSPS) is 39.1. The predicted octanol–water partition coefficient (Wildman–Crippen LogP) is 10.0. The number of esters is 4. The van der Waals surface area contributed by atoms with Crippen molar-refractivity contribution < 1.29 is 62.2 Å². The highest BCUT2D eigenvalue weighted by Crippen LogP contribution is 2.71. The zero-order chi connectivity index (χ0) is 51.4. The quantitative estimate of drug-likeness (QED) is 0.0859. The number of carbonyl (C=O) groups excluding carboxylic acids is 4. The molecule has 4 aromatic carbocycles. The molecule has 13 nitrogen and oxygen atoms in total. The van der Waals surface area contributed by atoms with Gasteiger partial charge in [0.05, 0.1) is 41.1 Å². The number of benzene rings is 4. The topological polar surface area (TPSA) is 162 Å². The van der Waals surface area contributed by atoms with Crippen LogP contribution >= 0.6 is 0 Å². The van der Waals surface area contributed by atoms with Crippen molar-refractivity contribution in [3.05, 3.63) is 144 Å². The van der Waals surface area contributed by atoms with Crippen LogP contribution in [0.3, 0.4) is 0 Å². The lowest BCUT2D eigenvalue weighted by Gasteiger charge is -2.63. The second-order valence-electron chi connectivity index (χ2n) is 23.1. The van der Waals surface area contributed by atoms with E-state index < -0.39 is 73.2 Å². The molecule has 0 radical (unpaired) electrons. The van der Waals surface area contributed by atoms with Gasteiger partial charge in [0.1, 0.15) is 24.9 Å². The largest absolute Gasteiger partial charge is 0.459 e. The van der Waals surface area contributed by atoms with Crippen LogP contribution in [0, 0.1) is 52.3 Å². The zero-order valence-electron chi connectivity index (χ0n) is 42.8. The highest BCUT2D eigenvalue weighted by molar-refractivity contribution is 5.91. The molecule has 0 amide bonds. The van der Waals surface area contributed by atoms with Crippen LogP contribution in [0.2, 0.25) is 0 Å². The first kappa shape index (κ1) is 50.7. The maximum atomic E-state index is 14.2. The van der Waals surface area contributed by atoms with Crippen LogP contribution in [0.4, 0.5) is 0 Å². The molecule has 7 aliphatic rings. The number of hydrogen-bond donors (Lipinski definition) is 1. The lowest BCUT2D eigenvalue weighted by Crippen LogP contribution is -2.63. The van der Waals surface area contributed by atoms with Gasteiger partial charge >= 0.3 is 23.9 Å². The van der Waals surface area contributed by atoms with Crippen molar-refractivity contribution in [3.63, 3.8) is 0 Å². The fraction of sp³-hybridized carbons (Fsp3) is 0.541. The number of aliphatic hydroxyl groups excluding tert-OH is 1. The summed E-state index contributed by atoms with van der Waals surface area (Å²) in [6, 6.07) is 34.2. The Morgan fingerprint density at radius 1 is 0.608 bits per heavy atom. The summed E-state index contributed by atoms with van der Waals surface area (Å²) < 4.78 is 52.0. The van der Waals surface area contributed by atoms with E-state index in [0.29, 0.717) is 60.0 Å². The Bertz CT molecular complexity index is 2620. The first-order valence-electron chi connectivity index (χ1n) is 27.1. The molecule has 4 aliphatic carbocycles. The molecule has 74 heavy (non-hydrogen) atoms. The van der Waals surface area contributed by atoms with Crippen molar-refractivity contribution in [3.8, 4) is 0 Å². The van der Waals surface area contributed by atoms with Gasteiger partial charge in [0, 0.05) is 18.3 Å². The van der Waals surface area contributed by atoms with Crippen LogP contribution < -0.4 is 0 Å². The van der Waals surface area contributed by atoms with Gasteiger partial charge in [-0.05, 0) is 140 Å². The van der Waals surface area contributed by atoms with Crippen molar-refractivity contribution in [1.82, 2.24) is 0 Å². The molecular weight excluding hydrogens is 941 g/mol. The van der Waals surface area contributed by atoms with Crippen LogP contribution in [0.5, 0.6) is 0 Å². The van der Waals surface area contributed by atoms with Crippen LogP contribution in [0.25, 0.3) is 0 Å². The molecule has 1 N–H and O–H groups in total. The average molecular weight is 1010 g/mol. The van der Waals surface area contributed by atoms with Gasteiger partial charge in [-0.25, -0.2) is 19.2 Å². The Balaban J connectivity index is 0.874. The first-order valence-corrected chi connectivity index (χ1v) is 27.1. The van der Waals surface area contributed by atoms with E-state index in [0.717, 1.165) is 45.1 Å². The molecular formula is C61H70O13. The molecule has 4 saturated carbocycles. The molecule has 0 aromatic heterocycles. The van der Waals surface area contributed by atoms with E-state index >= 15 is 0 Å². The SMILES string of the molecule is C[C@@H]1CC[C@@]2(OC1)O[C@H]1C[C@H]3[C@@H]4C[C@H](OC(=O)c5ccccc5)[C@H]5C[C@@H](O[C@@H]6O[C@H](COC(=O)c7ccccc7)[C@@H](OC(=O)c7ccccc7)[C@H](OC(=O)c7ccccc7)[C@H]6O)CC[C@]5(C)[C@H]4CC[C@]3(C)[C@H]1[C@@H]2C. The fourth-order valence-electron chi connectivity index (χ4n) is 15.2. The van der Waals surface area contributed by atoms with E-state index in [9.17, 15) is 24.3 Å². The molecule has 13 heteroatoms. The lowest BCUT2D eigenvalue weighted by atomic mass is 9.43. The van der Waals surface area contributed by atoms with E-state index in [1.165, 1.54) is 0 Å². The Kier molecular flexibility index (Phi) is 14.1. The summed E-state index contributed by atoms with van der Waals surface area (Å²) in [4.78, 5) is 55.3. The second kappa shape index (κ2) is 20.6. The zero-order valence-corrected chi connectivity index (χ0v) is 42.8. The molecule has 3 heterocycles. The third-order valence-electron chi connectivity index (χ3n) is 19.0. The molecule has 1 spiro atoms. The minimum absolute atomic E-state index is 0.0485. The maximum Gasteiger partial charge on any atom is 0.338 e. The monoisotopic (exact) mass is 1010 g/mol. The predicted molar refractivity (Wildman–Crippen MR) is 270 cm³/mol. The number of aliphatic hydroxyl groups is 1. The molecule has 11 rings (SSSR count). The molecule has 0 unspecified atom stereocenters. The van der Waals surface area contributed by atoms with Gasteiger partial charge in [0.25, 0.3) is 0 Å². The summed E-state index contributed by atoms with van der Waals surface area (Å²) in [6.07, 6.45) is -0.326. The van der Waals surface area contributed by atoms with Gasteiger partial charge < -0.3 is 43.0 Å². The van der Waals surface area contributed by atoms with E-state index in [-0.39, 0.29) is 45.9 Å². The van der Waals surface area contributed by atoms with Crippen LogP contribution in [0.1, 0.15) is 127 Å². The van der Waals surface area contributed by atoms with Gasteiger partial charge in [-0.1, -0.05) is 100 Å². The van der Waals surface area contributed by atoms with Crippen molar-refractivity contribution in [1.29, 1.82) is 0 Å². The first-order chi connectivity index (χ1) is 35.7. The van der Waals surface area contributed by atoms with Gasteiger partial charge in [0.2, 0.25) is 0 Å². The van der Waals surface area contributed by atoms with E-state index in [1.807, 2.05) is 18.2 Å². The van der Waals surface area contributed by atoms with E-state index in [2.05, 4.69) is 27.7 Å². The molecule has 7 fully saturated rings. The van der Waals surface area contributed by atoms with Crippen molar-refractivity contribution >= 4 is 23.9 Å². The molecule has 392 valence electrons. The second-order valence-corrected chi connectivity index (χ2v) is 23.1. The minimum Gasteiger partial charge on any atom is -0.459 e. The maximum absolute atomic E-state index is 14.2. The molecule has 3 saturated heterocycles. The Hall–Kier alpha value is -5.44. The third kappa shape index (κ3) is 9.39. The van der Waals surface area contributed by atoms with Gasteiger partial charge in [-0.15, -0.1) is 0 Å². The van der Waals surface area contributed by atoms with Gasteiger partial charge in [-0.2, -0.15) is 0 Å². The van der Waals surface area contributed by atoms with Crippen molar-refractivity contribution in [2.75, 3.05) is 13.2 Å². The van der Waals surface area contributed by atoms with E-state index in [1.54, 1.807) is 103 Å². The number of ether oxygens (including phenoxy) is 8. The summed E-state index contributed by atoms with van der Waals surface area (Å²) in [5.74, 6) is -0.893. The number of fused-ring (bicyclic) bond motifs is 7. The Morgan fingerprint density at radius 3 is 1.74 bits per heavy atom. The lowest BCUT2D eigenvalue weighted by molar-refractivity contribution is -0.316. The van der Waals surface area contributed by atoms with Crippen molar-refractivity contribution in [2.45, 2.75) is 140 Å². The summed E-state index contributed by atoms with van der Waals surface area (Å²) in [5, 5.41) is 12.4. The fourth-order valence-corrected chi connectivity index (χ4v) is 15.2. The van der Waals surface area contributed by atoms with E-state index in [4.69, 9.17) is 37.9 Å². The Labute approximate surface area is 433 Å². The minimum atomic E-state index is -1.66. The number of carbonyl (C=O) groups is 4. The molecule has 4 aromatic rings. The summed E-state index contributed by atoms with van der Waals surface area (Å²) >= 11 is 0. The summed E-state index contributed by atoms with van der Waals surface area (Å²) in [6.45, 7) is 9.82. The smallest absolute Gasteiger partial charge is 0.338 e. The van der Waals surface area contributed by atoms with Crippen LogP contribution in [0.15, 0.2) is 121 Å². The van der Waals surface area contributed by atoms with Crippen LogP contribution in [-0.2, 0) is 37.9 Å². The molecule has 18 atom stereocenters. The molecule has 3 aliphatic heterocycles. The average Bonchev–Trinajstić information content (AvgIpc) is 3.88. The summed E-state index contributed by atoms with van der Waals surface area (Å²) in [5.41, 5.74) is 1.05. The number of hydrogen-bond acceptors (Lipinski definition) is 13. The third-order valence-corrected chi connectivity index (χ3v) is 19.0. The standard InChI is InChI=1S/C61H70O13/c1-36-25-30-61(68-34-36)37(2)50-48(74-61)33-45-43-32-47(70-55(64)39-19-11-6-12-20-39)46-31-42(26-28-59(46,3)44(43)27-29-60(45,50)4)69-58-51(62)53(73-57(66)41-23-15-8-16-24-41)52(72-56(65)40-21-13-7-14-22-40)49(71-58)35-67-54(63)38-17-9-5-10-18-38/h5-24,36-37,42-53,58,62H,25-35H2,1-4H3/t36-,37+,42+,43-,44+,45+,46-,47+,48+,49-,50+,51-,52-,53-,58-,59-,60+,61-/m1/s1. The molecule has 0 bridgehead atoms. The van der Waals surface area contributed by atoms with Gasteiger partial charge in [-0.3, -0.25) is 0 Å². The highest BCUT2D eigenvalue weighted by Gasteiger charge is 2.70. The number of rotatable bonds is 11. The van der Waals surface area contributed by atoms with Crippen LogP contribution in [-0.4, -0.2) is 97.0 Å².